The fourth-order valence-corrected chi connectivity index (χ4v) is 5.29. The van der Waals surface area contributed by atoms with Crippen molar-refractivity contribution >= 4 is 5.69 Å². The van der Waals surface area contributed by atoms with Gasteiger partial charge in [0.2, 0.25) is 0 Å². The zero-order chi connectivity index (χ0) is 29.2. The van der Waals surface area contributed by atoms with E-state index >= 15 is 0 Å². The zero-order valence-electron chi connectivity index (χ0n) is 23.0. The number of nitro groups is 1. The molecule has 7 heteroatoms. The van der Waals surface area contributed by atoms with Crippen LogP contribution in [0.2, 0.25) is 0 Å². The summed E-state index contributed by atoms with van der Waals surface area (Å²) in [6.07, 6.45) is 1.98. The Balaban J connectivity index is 1.56. The molecule has 0 unspecified atom stereocenters. The van der Waals surface area contributed by atoms with Gasteiger partial charge in [0, 0.05) is 40.7 Å². The van der Waals surface area contributed by atoms with E-state index in [0.717, 1.165) is 45.0 Å². The van der Waals surface area contributed by atoms with Crippen LogP contribution in [0.4, 0.5) is 5.69 Å². The predicted octanol–water partition coefficient (Wildman–Crippen LogP) is 8.63. The largest absolute Gasteiger partial charge is 0.292 e. The topological polar surface area (TPSA) is 78.8 Å². The van der Waals surface area contributed by atoms with Crippen molar-refractivity contribution in [2.45, 2.75) is 0 Å². The summed E-state index contributed by atoms with van der Waals surface area (Å²) in [4.78, 5) is 16.4. The Hall–Kier alpha value is -6.08. The average molecular weight is 560 g/mol. The van der Waals surface area contributed by atoms with E-state index in [2.05, 4.69) is 41.0 Å². The van der Waals surface area contributed by atoms with Crippen LogP contribution in [0.3, 0.4) is 0 Å². The molecule has 0 atom stereocenters. The van der Waals surface area contributed by atoms with Gasteiger partial charge in [-0.15, -0.1) is 0 Å². The second-order valence-corrected chi connectivity index (χ2v) is 10.0. The molecule has 7 nitrogen and oxygen atoms in total. The number of hydrogen-bond donors (Lipinski definition) is 0. The number of benzene rings is 5. The van der Waals surface area contributed by atoms with Crippen LogP contribution in [0, 0.1) is 10.1 Å². The van der Waals surface area contributed by atoms with Gasteiger partial charge in [-0.3, -0.25) is 14.7 Å². The van der Waals surface area contributed by atoms with Crippen LogP contribution in [0.1, 0.15) is 0 Å². The monoisotopic (exact) mass is 559 g/mol. The van der Waals surface area contributed by atoms with Crippen molar-refractivity contribution in [2.75, 3.05) is 0 Å². The van der Waals surface area contributed by atoms with Gasteiger partial charge < -0.3 is 0 Å². The van der Waals surface area contributed by atoms with Crippen LogP contribution < -0.4 is 0 Å². The Morgan fingerprint density at radius 2 is 1.07 bits per heavy atom. The smallest absolute Gasteiger partial charge is 0.269 e. The molecule has 0 aliphatic carbocycles. The fourth-order valence-electron chi connectivity index (χ4n) is 5.29. The quantitative estimate of drug-likeness (QED) is 0.145. The Kier molecular flexibility index (Phi) is 6.65. The first-order chi connectivity index (χ1) is 21.2. The second kappa shape index (κ2) is 11.1. The molecule has 7 aromatic rings. The molecule has 5 aromatic carbocycles. The van der Waals surface area contributed by atoms with E-state index in [1.165, 1.54) is 12.1 Å². The number of imidazole rings is 1. The molecule has 0 aliphatic heterocycles. The molecule has 0 aliphatic rings. The van der Waals surface area contributed by atoms with Crippen LogP contribution in [-0.4, -0.2) is 24.3 Å². The molecule has 0 amide bonds. The standard InChI is InChI=1S/C36H25N5O2/c42-41(43)31-23-21-27(22-24-31)33-32(25-39(38-33)29-17-9-3-10-18-29)36-37-34(26-13-5-1-6-14-26)35(28-15-7-2-8-16-28)40(36)30-19-11-4-12-20-30/h1-25H. The molecular weight excluding hydrogens is 534 g/mol. The van der Waals surface area contributed by atoms with Crippen molar-refractivity contribution in [1.82, 2.24) is 19.3 Å². The molecule has 0 saturated carbocycles. The predicted molar refractivity (Wildman–Crippen MR) is 169 cm³/mol. The van der Waals surface area contributed by atoms with Crippen LogP contribution >= 0.6 is 0 Å². The summed E-state index contributed by atoms with van der Waals surface area (Å²) in [7, 11) is 0. The highest BCUT2D eigenvalue weighted by Gasteiger charge is 2.26. The number of para-hydroxylation sites is 2. The van der Waals surface area contributed by atoms with Gasteiger partial charge in [0.05, 0.1) is 27.6 Å². The number of nitrogens with zero attached hydrogens (tertiary/aromatic N) is 5. The molecule has 2 aromatic heterocycles. The minimum atomic E-state index is -0.395. The van der Waals surface area contributed by atoms with Crippen LogP contribution in [0.25, 0.3) is 56.5 Å². The highest BCUT2D eigenvalue weighted by molar-refractivity contribution is 5.87. The third kappa shape index (κ3) is 4.89. The molecule has 206 valence electrons. The van der Waals surface area contributed by atoms with E-state index in [-0.39, 0.29) is 5.69 Å². The number of hydrogen-bond acceptors (Lipinski definition) is 4. The lowest BCUT2D eigenvalue weighted by atomic mass is 10.0. The SMILES string of the molecule is O=[N+]([O-])c1ccc(-c2nn(-c3ccccc3)cc2-c2nc(-c3ccccc3)c(-c3ccccc3)n2-c2ccccc2)cc1. The molecule has 0 bridgehead atoms. The molecule has 0 fully saturated rings. The van der Waals surface area contributed by atoms with Crippen molar-refractivity contribution in [1.29, 1.82) is 0 Å². The van der Waals surface area contributed by atoms with E-state index < -0.39 is 4.92 Å². The highest BCUT2D eigenvalue weighted by Crippen LogP contribution is 2.41. The first kappa shape index (κ1) is 25.9. The summed E-state index contributed by atoms with van der Waals surface area (Å²) < 4.78 is 4.01. The van der Waals surface area contributed by atoms with Gasteiger partial charge in [-0.25, -0.2) is 9.67 Å². The summed E-state index contributed by atoms with van der Waals surface area (Å²) in [5, 5.41) is 16.4. The summed E-state index contributed by atoms with van der Waals surface area (Å²) in [5.41, 5.74) is 7.89. The molecular formula is C36H25N5O2. The molecule has 7 rings (SSSR count). The first-order valence-corrected chi connectivity index (χ1v) is 13.9. The van der Waals surface area contributed by atoms with Gasteiger partial charge in [0.15, 0.2) is 0 Å². The van der Waals surface area contributed by atoms with Crippen molar-refractivity contribution in [3.05, 3.63) is 162 Å². The molecule has 2 heterocycles. The van der Waals surface area contributed by atoms with Crippen LogP contribution in [0.5, 0.6) is 0 Å². The maximum absolute atomic E-state index is 11.4. The molecule has 0 spiro atoms. The van der Waals surface area contributed by atoms with Crippen molar-refractivity contribution < 1.29 is 4.92 Å². The minimum Gasteiger partial charge on any atom is -0.292 e. The van der Waals surface area contributed by atoms with Crippen molar-refractivity contribution in [3.63, 3.8) is 0 Å². The highest BCUT2D eigenvalue weighted by atomic mass is 16.6. The lowest BCUT2D eigenvalue weighted by Crippen LogP contribution is -2.00. The average Bonchev–Trinajstić information content (AvgIpc) is 3.69. The third-order valence-electron chi connectivity index (χ3n) is 7.31. The van der Waals surface area contributed by atoms with Gasteiger partial charge in [-0.1, -0.05) is 97.1 Å². The first-order valence-electron chi connectivity index (χ1n) is 13.9. The third-order valence-corrected chi connectivity index (χ3v) is 7.31. The van der Waals surface area contributed by atoms with E-state index in [1.54, 1.807) is 12.1 Å². The maximum Gasteiger partial charge on any atom is 0.269 e. The summed E-state index contributed by atoms with van der Waals surface area (Å²) in [6, 6.07) is 47.0. The normalized spacial score (nSPS) is 11.0. The van der Waals surface area contributed by atoms with Gasteiger partial charge >= 0.3 is 0 Å². The lowest BCUT2D eigenvalue weighted by Gasteiger charge is -2.13. The van der Waals surface area contributed by atoms with Gasteiger partial charge in [-0.2, -0.15) is 5.10 Å². The molecule has 0 saturated heterocycles. The Morgan fingerprint density at radius 1 is 0.558 bits per heavy atom. The number of nitro benzene ring substituents is 1. The summed E-state index contributed by atoms with van der Waals surface area (Å²) in [5.74, 6) is 0.708. The fraction of sp³-hybridized carbons (Fsp3) is 0. The summed E-state index contributed by atoms with van der Waals surface area (Å²) in [6.45, 7) is 0. The van der Waals surface area contributed by atoms with Gasteiger partial charge in [0.1, 0.15) is 11.5 Å². The maximum atomic E-state index is 11.4. The molecule has 43 heavy (non-hydrogen) atoms. The zero-order valence-corrected chi connectivity index (χ0v) is 23.0. The van der Waals surface area contributed by atoms with Crippen LogP contribution in [-0.2, 0) is 0 Å². The van der Waals surface area contributed by atoms with Crippen LogP contribution in [0.15, 0.2) is 152 Å². The van der Waals surface area contributed by atoms with Crippen molar-refractivity contribution in [2.24, 2.45) is 0 Å². The molecule has 0 N–H and O–H groups in total. The summed E-state index contributed by atoms with van der Waals surface area (Å²) >= 11 is 0. The number of rotatable bonds is 7. The van der Waals surface area contributed by atoms with E-state index in [4.69, 9.17) is 10.1 Å². The second-order valence-electron chi connectivity index (χ2n) is 10.0. The number of non-ortho nitro benzene ring substituents is 1. The Morgan fingerprint density at radius 3 is 1.65 bits per heavy atom. The van der Waals surface area contributed by atoms with Gasteiger partial charge in [0.25, 0.3) is 5.69 Å². The van der Waals surface area contributed by atoms with E-state index in [1.807, 2.05) is 95.8 Å². The number of aromatic nitrogens is 4. The molecule has 0 radical (unpaired) electrons. The van der Waals surface area contributed by atoms with Gasteiger partial charge in [-0.05, 0) is 36.4 Å². The van der Waals surface area contributed by atoms with E-state index in [9.17, 15) is 10.1 Å². The van der Waals surface area contributed by atoms with Crippen molar-refractivity contribution in [3.8, 4) is 56.5 Å². The Bertz CT molecular complexity index is 2020. The Labute approximate surface area is 248 Å². The minimum absolute atomic E-state index is 0.0244. The lowest BCUT2D eigenvalue weighted by molar-refractivity contribution is -0.384. The van der Waals surface area contributed by atoms with E-state index in [0.29, 0.717) is 11.5 Å².